The van der Waals surface area contributed by atoms with Crippen molar-refractivity contribution in [1.29, 1.82) is 0 Å². The number of rotatable bonds is 1. The van der Waals surface area contributed by atoms with Gasteiger partial charge in [-0.05, 0) is 13.8 Å². The van der Waals surface area contributed by atoms with E-state index in [2.05, 4.69) is 0 Å². The van der Waals surface area contributed by atoms with Crippen molar-refractivity contribution < 1.29 is 9.90 Å². The third-order valence-corrected chi connectivity index (χ3v) is 0.713. The molecule has 0 radical (unpaired) electrons. The number of nitrogens with two attached hydrogens (primary N) is 1. The molecule has 0 saturated heterocycles. The van der Waals surface area contributed by atoms with Gasteiger partial charge in [0.2, 0.25) is 0 Å². The van der Waals surface area contributed by atoms with Crippen LogP contribution in [0.15, 0.2) is 0 Å². The van der Waals surface area contributed by atoms with Gasteiger partial charge in [-0.2, -0.15) is 0 Å². The molecule has 0 saturated carbocycles. The molecule has 0 heterocycles. The van der Waals surface area contributed by atoms with Crippen LogP contribution < -0.4 is 5.73 Å². The fraction of sp³-hybridized carbons (Fsp3) is 0.750. The quantitative estimate of drug-likeness (QED) is 0.429. The molecule has 7 heavy (non-hydrogen) atoms. The molecule has 3 heteroatoms. The highest BCUT2D eigenvalue weighted by atomic mass is 16.3. The molecule has 0 rings (SSSR count). The zero-order valence-electron chi connectivity index (χ0n) is 4.43. The molecule has 3 N–H and O–H groups in total. The van der Waals surface area contributed by atoms with Crippen LogP contribution in [0.4, 0.5) is 0 Å². The first kappa shape index (κ1) is 6.59. The Kier molecular flexibility index (Phi) is 1.50. The standard InChI is InChI=1S/C4H9NO2/c1-3(6)4(2,5)7/h7H,5H2,1-2H3. The lowest BCUT2D eigenvalue weighted by Crippen LogP contribution is -2.42. The summed E-state index contributed by atoms with van der Waals surface area (Å²) in [4.78, 5) is 10.1. The molecule has 1 atom stereocenters. The molecule has 0 aliphatic carbocycles. The van der Waals surface area contributed by atoms with E-state index in [1.54, 1.807) is 0 Å². The first-order valence-electron chi connectivity index (χ1n) is 1.97. The van der Waals surface area contributed by atoms with Crippen LogP contribution in [0, 0.1) is 0 Å². The summed E-state index contributed by atoms with van der Waals surface area (Å²) in [6.45, 7) is 2.48. The Morgan fingerprint density at radius 3 is 2.00 bits per heavy atom. The predicted molar refractivity (Wildman–Crippen MR) is 25.5 cm³/mol. The highest BCUT2D eigenvalue weighted by Gasteiger charge is 2.18. The molecule has 0 aliphatic heterocycles. The van der Waals surface area contributed by atoms with E-state index < -0.39 is 11.5 Å². The summed E-state index contributed by atoms with van der Waals surface area (Å²) >= 11 is 0. The Labute approximate surface area is 42.1 Å². The maximum Gasteiger partial charge on any atom is 0.175 e. The molecule has 1 unspecified atom stereocenters. The second-order valence-corrected chi connectivity index (χ2v) is 1.70. The Hall–Kier alpha value is -0.410. The van der Waals surface area contributed by atoms with Crippen LogP contribution in [-0.4, -0.2) is 16.6 Å². The molecule has 0 amide bonds. The second-order valence-electron chi connectivity index (χ2n) is 1.70. The molecule has 0 aromatic carbocycles. The van der Waals surface area contributed by atoms with Gasteiger partial charge in [0.1, 0.15) is 0 Å². The van der Waals surface area contributed by atoms with Crippen LogP contribution in [0.1, 0.15) is 13.8 Å². The molecular weight excluding hydrogens is 94.0 g/mol. The van der Waals surface area contributed by atoms with Crippen LogP contribution in [0.5, 0.6) is 0 Å². The summed E-state index contributed by atoms with van der Waals surface area (Å²) in [7, 11) is 0. The fourth-order valence-electron chi connectivity index (χ4n) is 0. The van der Waals surface area contributed by atoms with Crippen molar-refractivity contribution in [3.8, 4) is 0 Å². The summed E-state index contributed by atoms with van der Waals surface area (Å²) in [5.74, 6) is -0.424. The zero-order chi connectivity index (χ0) is 6.08. The smallest absolute Gasteiger partial charge is 0.175 e. The van der Waals surface area contributed by atoms with Crippen LogP contribution in [0.2, 0.25) is 0 Å². The van der Waals surface area contributed by atoms with Crippen molar-refractivity contribution >= 4 is 5.78 Å². The Balaban J connectivity index is 3.79. The maximum atomic E-state index is 10.1. The second kappa shape index (κ2) is 1.60. The molecule has 0 aromatic heterocycles. The molecule has 0 spiro atoms. The van der Waals surface area contributed by atoms with Crippen molar-refractivity contribution in [2.75, 3.05) is 0 Å². The Morgan fingerprint density at radius 2 is 2.00 bits per heavy atom. The highest BCUT2D eigenvalue weighted by Crippen LogP contribution is 1.90. The average Bonchev–Trinajstić information content (AvgIpc) is 1.31. The van der Waals surface area contributed by atoms with Gasteiger partial charge in [-0.15, -0.1) is 0 Å². The van der Waals surface area contributed by atoms with Crippen molar-refractivity contribution in [3.63, 3.8) is 0 Å². The topological polar surface area (TPSA) is 63.3 Å². The number of hydrogen-bond donors (Lipinski definition) is 2. The molecule has 0 aliphatic rings. The molecule has 0 bridgehead atoms. The average molecular weight is 103 g/mol. The zero-order valence-corrected chi connectivity index (χ0v) is 4.43. The van der Waals surface area contributed by atoms with E-state index in [0.717, 1.165) is 0 Å². The van der Waals surface area contributed by atoms with E-state index in [1.807, 2.05) is 0 Å². The maximum absolute atomic E-state index is 10.1. The van der Waals surface area contributed by atoms with Crippen LogP contribution in [0.25, 0.3) is 0 Å². The summed E-state index contributed by atoms with van der Waals surface area (Å²) in [6, 6.07) is 0. The summed E-state index contributed by atoms with van der Waals surface area (Å²) in [5.41, 5.74) is 3.25. The summed E-state index contributed by atoms with van der Waals surface area (Å²) in [5, 5.41) is 8.52. The number of carbonyl (C=O) groups excluding carboxylic acids is 1. The fourth-order valence-corrected chi connectivity index (χ4v) is 0. The largest absolute Gasteiger partial charge is 0.369 e. The van der Waals surface area contributed by atoms with Gasteiger partial charge in [-0.3, -0.25) is 10.5 Å². The van der Waals surface area contributed by atoms with E-state index in [0.29, 0.717) is 0 Å². The molecule has 3 nitrogen and oxygen atoms in total. The van der Waals surface area contributed by atoms with Gasteiger partial charge in [-0.25, -0.2) is 0 Å². The Bertz CT molecular complexity index is 82.2. The van der Waals surface area contributed by atoms with Gasteiger partial charge < -0.3 is 5.11 Å². The van der Waals surface area contributed by atoms with E-state index in [4.69, 9.17) is 10.8 Å². The van der Waals surface area contributed by atoms with E-state index in [9.17, 15) is 4.79 Å². The van der Waals surface area contributed by atoms with E-state index >= 15 is 0 Å². The van der Waals surface area contributed by atoms with Gasteiger partial charge in [0.25, 0.3) is 0 Å². The van der Waals surface area contributed by atoms with Gasteiger partial charge >= 0.3 is 0 Å². The van der Waals surface area contributed by atoms with Crippen LogP contribution in [0.3, 0.4) is 0 Å². The minimum atomic E-state index is -1.64. The minimum Gasteiger partial charge on any atom is -0.369 e. The lowest BCUT2D eigenvalue weighted by Gasteiger charge is -2.10. The lowest BCUT2D eigenvalue weighted by molar-refractivity contribution is -0.132. The monoisotopic (exact) mass is 103 g/mol. The van der Waals surface area contributed by atoms with Gasteiger partial charge in [-0.1, -0.05) is 0 Å². The summed E-state index contributed by atoms with van der Waals surface area (Å²) in [6.07, 6.45) is 0. The number of carbonyl (C=O) groups is 1. The normalized spacial score (nSPS) is 18.3. The molecule has 0 fully saturated rings. The summed E-state index contributed by atoms with van der Waals surface area (Å²) < 4.78 is 0. The number of ketones is 1. The Morgan fingerprint density at radius 1 is 1.86 bits per heavy atom. The number of aliphatic hydroxyl groups is 1. The number of hydrogen-bond acceptors (Lipinski definition) is 3. The van der Waals surface area contributed by atoms with Gasteiger partial charge in [0, 0.05) is 0 Å². The first-order valence-corrected chi connectivity index (χ1v) is 1.97. The van der Waals surface area contributed by atoms with Gasteiger partial charge in [0.15, 0.2) is 11.5 Å². The molecule has 42 valence electrons. The van der Waals surface area contributed by atoms with Crippen molar-refractivity contribution in [2.24, 2.45) is 5.73 Å². The van der Waals surface area contributed by atoms with Crippen LogP contribution in [-0.2, 0) is 4.79 Å². The first-order chi connectivity index (χ1) is 2.94. The minimum absolute atomic E-state index is 0.424. The van der Waals surface area contributed by atoms with E-state index in [1.165, 1.54) is 13.8 Å². The lowest BCUT2D eigenvalue weighted by atomic mass is 10.2. The third-order valence-electron chi connectivity index (χ3n) is 0.713. The van der Waals surface area contributed by atoms with Gasteiger partial charge in [0.05, 0.1) is 0 Å². The molecule has 0 aromatic rings. The number of Topliss-reactive ketones (excluding diaryl/α,β-unsaturated/α-hetero) is 1. The molecular formula is C4H9NO2. The SMILES string of the molecule is CC(=O)C(C)(N)O. The third kappa shape index (κ3) is 2.31. The van der Waals surface area contributed by atoms with Crippen molar-refractivity contribution in [2.45, 2.75) is 19.6 Å². The van der Waals surface area contributed by atoms with E-state index in [-0.39, 0.29) is 0 Å². The highest BCUT2D eigenvalue weighted by molar-refractivity contribution is 5.83. The van der Waals surface area contributed by atoms with Crippen molar-refractivity contribution in [1.82, 2.24) is 0 Å². The van der Waals surface area contributed by atoms with Crippen molar-refractivity contribution in [3.05, 3.63) is 0 Å². The van der Waals surface area contributed by atoms with Crippen LogP contribution >= 0.6 is 0 Å². The predicted octanol–water partition coefficient (Wildman–Crippen LogP) is -0.757.